The predicted octanol–water partition coefficient (Wildman–Crippen LogP) is 4.98. The Morgan fingerprint density at radius 2 is 1.81 bits per heavy atom. The van der Waals surface area contributed by atoms with Crippen molar-refractivity contribution in [2.45, 2.75) is 38.6 Å². The van der Waals surface area contributed by atoms with Gasteiger partial charge >= 0.3 is 0 Å². The lowest BCUT2D eigenvalue weighted by Gasteiger charge is -2.27. The SMILES string of the molecule is O=C(c1cccnc1)N1CCCCCCCNCc2cc(-c3ccc(F)nc3)ccc21. The van der Waals surface area contributed by atoms with E-state index in [4.69, 9.17) is 0 Å². The van der Waals surface area contributed by atoms with E-state index in [-0.39, 0.29) is 5.91 Å². The molecule has 1 amide bonds. The number of nitrogens with one attached hydrogen (secondary N) is 1. The first-order valence-electron chi connectivity index (χ1n) is 10.9. The highest BCUT2D eigenvalue weighted by molar-refractivity contribution is 6.06. The first kappa shape index (κ1) is 21.1. The van der Waals surface area contributed by atoms with E-state index in [1.807, 2.05) is 23.1 Å². The lowest BCUT2D eigenvalue weighted by Crippen LogP contribution is -2.33. The molecule has 31 heavy (non-hydrogen) atoms. The molecule has 0 aliphatic carbocycles. The smallest absolute Gasteiger partial charge is 0.259 e. The Kier molecular flexibility index (Phi) is 6.99. The molecule has 0 saturated carbocycles. The van der Waals surface area contributed by atoms with Gasteiger partial charge in [-0.3, -0.25) is 9.78 Å². The Morgan fingerprint density at radius 1 is 0.968 bits per heavy atom. The molecule has 1 aromatic carbocycles. The quantitative estimate of drug-likeness (QED) is 0.596. The largest absolute Gasteiger partial charge is 0.313 e. The van der Waals surface area contributed by atoms with Gasteiger partial charge in [-0.25, -0.2) is 4.98 Å². The molecule has 0 spiro atoms. The summed E-state index contributed by atoms with van der Waals surface area (Å²) in [4.78, 5) is 23.2. The second kappa shape index (κ2) is 10.3. The highest BCUT2D eigenvalue weighted by Gasteiger charge is 2.21. The van der Waals surface area contributed by atoms with Crippen molar-refractivity contribution in [3.05, 3.63) is 78.1 Å². The highest BCUT2D eigenvalue weighted by atomic mass is 19.1. The average molecular weight is 419 g/mol. The van der Waals surface area contributed by atoms with E-state index in [0.717, 1.165) is 48.2 Å². The van der Waals surface area contributed by atoms with E-state index in [1.165, 1.54) is 18.9 Å². The summed E-state index contributed by atoms with van der Waals surface area (Å²) in [5.41, 5.74) is 4.33. The first-order valence-corrected chi connectivity index (χ1v) is 10.9. The maximum Gasteiger partial charge on any atom is 0.259 e. The minimum Gasteiger partial charge on any atom is -0.313 e. The minimum absolute atomic E-state index is 0.0393. The number of hydrogen-bond donors (Lipinski definition) is 1. The molecule has 3 aromatic rings. The van der Waals surface area contributed by atoms with Crippen LogP contribution in [0.15, 0.2) is 61.1 Å². The van der Waals surface area contributed by atoms with Gasteiger partial charge in [0.25, 0.3) is 5.91 Å². The number of halogens is 1. The zero-order chi connectivity index (χ0) is 21.5. The van der Waals surface area contributed by atoms with Crippen LogP contribution < -0.4 is 10.2 Å². The summed E-state index contributed by atoms with van der Waals surface area (Å²) in [6.07, 6.45) is 10.4. The Bertz CT molecular complexity index is 1010. The van der Waals surface area contributed by atoms with E-state index in [9.17, 15) is 9.18 Å². The van der Waals surface area contributed by atoms with Crippen LogP contribution in [-0.4, -0.2) is 29.0 Å². The first-order chi connectivity index (χ1) is 15.2. The number of aromatic nitrogens is 2. The average Bonchev–Trinajstić information content (AvgIpc) is 2.80. The van der Waals surface area contributed by atoms with E-state index in [1.54, 1.807) is 30.7 Å². The van der Waals surface area contributed by atoms with Gasteiger partial charge in [-0.15, -0.1) is 0 Å². The Labute approximate surface area is 182 Å². The molecule has 160 valence electrons. The van der Waals surface area contributed by atoms with Crippen molar-refractivity contribution in [1.29, 1.82) is 0 Å². The molecule has 0 atom stereocenters. The molecule has 3 heterocycles. The van der Waals surface area contributed by atoms with Gasteiger partial charge in [0.05, 0.1) is 5.56 Å². The van der Waals surface area contributed by atoms with Crippen LogP contribution in [0.25, 0.3) is 11.1 Å². The molecule has 2 aromatic heterocycles. The number of benzene rings is 1. The molecule has 1 N–H and O–H groups in total. The zero-order valence-electron chi connectivity index (χ0n) is 17.6. The summed E-state index contributed by atoms with van der Waals surface area (Å²) in [5.74, 6) is -0.535. The van der Waals surface area contributed by atoms with Crippen molar-refractivity contribution in [1.82, 2.24) is 15.3 Å². The second-order valence-corrected chi connectivity index (χ2v) is 7.86. The number of anilines is 1. The molecule has 1 aliphatic rings. The molecule has 5 nitrogen and oxygen atoms in total. The van der Waals surface area contributed by atoms with Crippen LogP contribution in [0.3, 0.4) is 0 Å². The molecular weight excluding hydrogens is 391 g/mol. The second-order valence-electron chi connectivity index (χ2n) is 7.86. The van der Waals surface area contributed by atoms with Crippen LogP contribution in [0.1, 0.15) is 48.0 Å². The van der Waals surface area contributed by atoms with E-state index < -0.39 is 5.95 Å². The zero-order valence-corrected chi connectivity index (χ0v) is 17.6. The topological polar surface area (TPSA) is 58.1 Å². The van der Waals surface area contributed by atoms with Gasteiger partial charge in [-0.2, -0.15) is 4.39 Å². The van der Waals surface area contributed by atoms with Crippen molar-refractivity contribution in [3.63, 3.8) is 0 Å². The van der Waals surface area contributed by atoms with Crippen molar-refractivity contribution < 1.29 is 9.18 Å². The third-order valence-corrected chi connectivity index (χ3v) is 5.64. The monoisotopic (exact) mass is 418 g/mol. The Morgan fingerprint density at radius 3 is 2.61 bits per heavy atom. The maximum absolute atomic E-state index is 13.4. The summed E-state index contributed by atoms with van der Waals surface area (Å²) in [7, 11) is 0. The normalized spacial score (nSPS) is 15.5. The van der Waals surface area contributed by atoms with Crippen LogP contribution in [0.5, 0.6) is 0 Å². The number of nitrogens with zero attached hydrogens (tertiary/aromatic N) is 3. The third kappa shape index (κ3) is 5.33. The lowest BCUT2D eigenvalue weighted by molar-refractivity contribution is 0.0986. The number of pyridine rings is 2. The fourth-order valence-corrected chi connectivity index (χ4v) is 3.97. The number of carbonyl (C=O) groups excluding carboxylic acids is 1. The fraction of sp³-hybridized carbons (Fsp3) is 0.320. The third-order valence-electron chi connectivity index (χ3n) is 5.64. The lowest BCUT2D eigenvalue weighted by atomic mass is 10.0. The number of hydrogen-bond acceptors (Lipinski definition) is 4. The van der Waals surface area contributed by atoms with Crippen LogP contribution in [0.2, 0.25) is 0 Å². The Hall–Kier alpha value is -3.12. The number of rotatable bonds is 2. The standard InChI is InChI=1S/C25H27FN4O/c26-24-11-9-20(18-29-24)19-8-10-23-22(15-19)17-27-12-4-2-1-3-5-14-30(23)25(31)21-7-6-13-28-16-21/h6-11,13,15-16,18,27H,1-5,12,14,17H2. The van der Waals surface area contributed by atoms with E-state index in [2.05, 4.69) is 21.4 Å². The molecular formula is C25H27FN4O. The molecule has 0 saturated heterocycles. The van der Waals surface area contributed by atoms with Crippen molar-refractivity contribution in [2.24, 2.45) is 0 Å². The number of amides is 1. The molecule has 4 rings (SSSR count). The van der Waals surface area contributed by atoms with Gasteiger partial charge in [0.2, 0.25) is 5.95 Å². The van der Waals surface area contributed by atoms with Gasteiger partial charge in [0, 0.05) is 42.9 Å². The van der Waals surface area contributed by atoms with Gasteiger partial charge in [-0.1, -0.05) is 25.3 Å². The van der Waals surface area contributed by atoms with Crippen molar-refractivity contribution >= 4 is 11.6 Å². The molecule has 0 bridgehead atoms. The van der Waals surface area contributed by atoms with E-state index >= 15 is 0 Å². The van der Waals surface area contributed by atoms with E-state index in [0.29, 0.717) is 18.7 Å². The van der Waals surface area contributed by atoms with Gasteiger partial charge in [0.15, 0.2) is 0 Å². The maximum atomic E-state index is 13.4. The van der Waals surface area contributed by atoms with Gasteiger partial charge in [-0.05, 0) is 66.9 Å². The van der Waals surface area contributed by atoms with Crippen molar-refractivity contribution in [3.8, 4) is 11.1 Å². The predicted molar refractivity (Wildman–Crippen MR) is 120 cm³/mol. The van der Waals surface area contributed by atoms with Crippen LogP contribution in [0.4, 0.5) is 10.1 Å². The van der Waals surface area contributed by atoms with Crippen LogP contribution in [0, 0.1) is 5.95 Å². The minimum atomic E-state index is -0.495. The molecule has 0 radical (unpaired) electrons. The highest BCUT2D eigenvalue weighted by Crippen LogP contribution is 2.29. The van der Waals surface area contributed by atoms with Crippen LogP contribution >= 0.6 is 0 Å². The van der Waals surface area contributed by atoms with Crippen LogP contribution in [-0.2, 0) is 6.54 Å². The molecule has 0 fully saturated rings. The van der Waals surface area contributed by atoms with Gasteiger partial charge in [0.1, 0.15) is 0 Å². The summed E-state index contributed by atoms with van der Waals surface area (Å²) < 4.78 is 13.3. The molecule has 0 unspecified atom stereocenters. The summed E-state index contributed by atoms with van der Waals surface area (Å²) in [5, 5.41) is 3.52. The number of carbonyl (C=O) groups is 1. The molecule has 6 heteroatoms. The fourth-order valence-electron chi connectivity index (χ4n) is 3.97. The summed E-state index contributed by atoms with van der Waals surface area (Å²) in [6.45, 7) is 2.27. The molecule has 1 aliphatic heterocycles. The summed E-state index contributed by atoms with van der Waals surface area (Å²) in [6, 6.07) is 12.7. The van der Waals surface area contributed by atoms with Gasteiger partial charge < -0.3 is 10.2 Å². The number of fused-ring (bicyclic) bond motifs is 1. The Balaban J connectivity index is 1.73. The van der Waals surface area contributed by atoms with Crippen molar-refractivity contribution in [2.75, 3.05) is 18.0 Å². The summed E-state index contributed by atoms with van der Waals surface area (Å²) >= 11 is 0.